The van der Waals surface area contributed by atoms with E-state index in [1.165, 1.54) is 11.3 Å². The summed E-state index contributed by atoms with van der Waals surface area (Å²) in [6.45, 7) is 0.779. The van der Waals surface area contributed by atoms with Gasteiger partial charge >= 0.3 is 0 Å². The minimum atomic E-state index is 0.747. The predicted molar refractivity (Wildman–Crippen MR) is 106 cm³/mol. The summed E-state index contributed by atoms with van der Waals surface area (Å²) < 4.78 is 1.97. The quantitative estimate of drug-likeness (QED) is 0.449. The Morgan fingerprint density at radius 2 is 1.50 bits per heavy atom. The SMILES string of the molecule is Clc1ccc(N2Cc3cn(-c4ccccc4)nc3-c3ccccc32)cc1. The summed E-state index contributed by atoms with van der Waals surface area (Å²) in [5.41, 5.74) is 6.77. The third kappa shape index (κ3) is 2.49. The van der Waals surface area contributed by atoms with E-state index < -0.39 is 0 Å². The number of para-hydroxylation sites is 2. The first-order valence-electron chi connectivity index (χ1n) is 8.56. The molecule has 0 aliphatic carbocycles. The van der Waals surface area contributed by atoms with E-state index in [4.69, 9.17) is 16.7 Å². The van der Waals surface area contributed by atoms with E-state index in [2.05, 4.69) is 59.6 Å². The van der Waals surface area contributed by atoms with Crippen LogP contribution in [0.3, 0.4) is 0 Å². The van der Waals surface area contributed by atoms with Gasteiger partial charge in [-0.25, -0.2) is 4.68 Å². The van der Waals surface area contributed by atoms with Gasteiger partial charge in [-0.15, -0.1) is 0 Å². The van der Waals surface area contributed by atoms with Crippen LogP contribution >= 0.6 is 11.6 Å². The van der Waals surface area contributed by atoms with Gasteiger partial charge < -0.3 is 4.90 Å². The fourth-order valence-corrected chi connectivity index (χ4v) is 3.61. The first-order chi connectivity index (χ1) is 12.8. The van der Waals surface area contributed by atoms with Gasteiger partial charge in [-0.05, 0) is 42.5 Å². The Labute approximate surface area is 157 Å². The summed E-state index contributed by atoms with van der Waals surface area (Å²) >= 11 is 6.07. The molecule has 0 unspecified atom stereocenters. The molecule has 1 aromatic heterocycles. The molecule has 0 saturated heterocycles. The van der Waals surface area contributed by atoms with Crippen LogP contribution in [0.2, 0.25) is 5.02 Å². The van der Waals surface area contributed by atoms with Crippen molar-refractivity contribution in [2.45, 2.75) is 6.54 Å². The van der Waals surface area contributed by atoms with Gasteiger partial charge in [0.15, 0.2) is 0 Å². The van der Waals surface area contributed by atoms with E-state index in [9.17, 15) is 0 Å². The number of anilines is 2. The van der Waals surface area contributed by atoms with Crippen molar-refractivity contribution in [2.24, 2.45) is 0 Å². The molecule has 0 spiro atoms. The van der Waals surface area contributed by atoms with Crippen LogP contribution in [0.5, 0.6) is 0 Å². The average molecular weight is 358 g/mol. The van der Waals surface area contributed by atoms with Crippen LogP contribution in [0.4, 0.5) is 11.4 Å². The molecule has 1 aliphatic heterocycles. The second kappa shape index (κ2) is 6.04. The number of halogens is 1. The number of hydrogen-bond acceptors (Lipinski definition) is 2. The second-order valence-corrected chi connectivity index (χ2v) is 6.80. The summed E-state index contributed by atoms with van der Waals surface area (Å²) in [5, 5.41) is 5.62. The van der Waals surface area contributed by atoms with Crippen LogP contribution in [0.25, 0.3) is 16.9 Å². The van der Waals surface area contributed by atoms with Crippen LogP contribution in [0.15, 0.2) is 85.1 Å². The Morgan fingerprint density at radius 1 is 0.769 bits per heavy atom. The summed E-state index contributed by atoms with van der Waals surface area (Å²) in [5.74, 6) is 0. The lowest BCUT2D eigenvalue weighted by Crippen LogP contribution is -2.20. The average Bonchev–Trinajstić information content (AvgIpc) is 3.13. The lowest BCUT2D eigenvalue weighted by molar-refractivity contribution is 0.884. The van der Waals surface area contributed by atoms with Crippen LogP contribution in [0.1, 0.15) is 5.56 Å². The molecule has 5 rings (SSSR count). The van der Waals surface area contributed by atoms with Crippen LogP contribution in [-0.2, 0) is 6.54 Å². The van der Waals surface area contributed by atoms with Gasteiger partial charge in [0.25, 0.3) is 0 Å². The molecular formula is C22H16ClN3. The maximum absolute atomic E-state index is 6.07. The van der Waals surface area contributed by atoms with Gasteiger partial charge in [-0.3, -0.25) is 0 Å². The Hall–Kier alpha value is -3.04. The van der Waals surface area contributed by atoms with Gasteiger partial charge in [-0.1, -0.05) is 48.0 Å². The van der Waals surface area contributed by atoms with Crippen LogP contribution < -0.4 is 4.90 Å². The van der Waals surface area contributed by atoms with Crippen molar-refractivity contribution in [1.29, 1.82) is 0 Å². The Morgan fingerprint density at radius 3 is 2.31 bits per heavy atom. The first kappa shape index (κ1) is 15.2. The number of rotatable bonds is 2. The van der Waals surface area contributed by atoms with E-state index in [0.717, 1.165) is 34.2 Å². The van der Waals surface area contributed by atoms with Gasteiger partial charge in [0.1, 0.15) is 0 Å². The second-order valence-electron chi connectivity index (χ2n) is 6.36. The zero-order valence-corrected chi connectivity index (χ0v) is 14.8. The number of hydrogen-bond donors (Lipinski definition) is 0. The Bertz CT molecular complexity index is 1070. The van der Waals surface area contributed by atoms with Crippen molar-refractivity contribution in [2.75, 3.05) is 4.90 Å². The smallest absolute Gasteiger partial charge is 0.0998 e. The van der Waals surface area contributed by atoms with Crippen molar-refractivity contribution < 1.29 is 0 Å². The van der Waals surface area contributed by atoms with Gasteiger partial charge in [-0.2, -0.15) is 5.10 Å². The number of nitrogens with zero attached hydrogens (tertiary/aromatic N) is 3. The molecule has 126 valence electrons. The predicted octanol–water partition coefficient (Wildman–Crippen LogP) is 5.84. The number of fused-ring (bicyclic) bond motifs is 3. The Balaban J connectivity index is 1.65. The normalized spacial score (nSPS) is 12.6. The number of benzene rings is 3. The van der Waals surface area contributed by atoms with Crippen molar-refractivity contribution >= 4 is 23.0 Å². The van der Waals surface area contributed by atoms with E-state index in [-0.39, 0.29) is 0 Å². The largest absolute Gasteiger partial charge is 0.336 e. The molecule has 1 aliphatic rings. The fraction of sp³-hybridized carbons (Fsp3) is 0.0455. The topological polar surface area (TPSA) is 21.1 Å². The summed E-state index contributed by atoms with van der Waals surface area (Å²) in [4.78, 5) is 2.31. The van der Waals surface area contributed by atoms with Crippen molar-refractivity contribution in [3.8, 4) is 16.9 Å². The summed E-state index contributed by atoms with van der Waals surface area (Å²) in [7, 11) is 0. The third-order valence-corrected chi connectivity index (χ3v) is 4.98. The van der Waals surface area contributed by atoms with E-state index in [1.807, 2.05) is 35.0 Å². The summed E-state index contributed by atoms with van der Waals surface area (Å²) in [6.07, 6.45) is 2.13. The fourth-order valence-electron chi connectivity index (χ4n) is 3.48. The molecule has 0 atom stereocenters. The molecule has 4 heteroatoms. The van der Waals surface area contributed by atoms with Crippen molar-refractivity contribution in [1.82, 2.24) is 9.78 Å². The molecule has 3 nitrogen and oxygen atoms in total. The summed E-state index contributed by atoms with van der Waals surface area (Å²) in [6, 6.07) is 26.6. The van der Waals surface area contributed by atoms with Crippen LogP contribution in [-0.4, -0.2) is 9.78 Å². The molecule has 0 amide bonds. The van der Waals surface area contributed by atoms with Gasteiger partial charge in [0.2, 0.25) is 0 Å². The lowest BCUT2D eigenvalue weighted by Gasteiger charge is -2.30. The molecular weight excluding hydrogens is 342 g/mol. The minimum Gasteiger partial charge on any atom is -0.336 e. The molecule has 3 aromatic carbocycles. The Kier molecular flexibility index (Phi) is 3.54. The van der Waals surface area contributed by atoms with Crippen molar-refractivity contribution in [3.05, 3.63) is 95.6 Å². The van der Waals surface area contributed by atoms with Crippen molar-refractivity contribution in [3.63, 3.8) is 0 Å². The maximum Gasteiger partial charge on any atom is 0.0998 e. The molecule has 2 heterocycles. The van der Waals surface area contributed by atoms with E-state index >= 15 is 0 Å². The zero-order valence-electron chi connectivity index (χ0n) is 14.0. The highest BCUT2D eigenvalue weighted by Crippen LogP contribution is 2.42. The highest BCUT2D eigenvalue weighted by atomic mass is 35.5. The first-order valence-corrected chi connectivity index (χ1v) is 8.94. The molecule has 0 N–H and O–H groups in total. The molecule has 26 heavy (non-hydrogen) atoms. The van der Waals surface area contributed by atoms with E-state index in [0.29, 0.717) is 0 Å². The third-order valence-electron chi connectivity index (χ3n) is 4.73. The van der Waals surface area contributed by atoms with Gasteiger partial charge in [0.05, 0.1) is 23.6 Å². The van der Waals surface area contributed by atoms with Gasteiger partial charge in [0, 0.05) is 28.0 Å². The molecule has 0 fully saturated rings. The van der Waals surface area contributed by atoms with E-state index in [1.54, 1.807) is 0 Å². The number of aromatic nitrogens is 2. The zero-order chi connectivity index (χ0) is 17.5. The highest BCUT2D eigenvalue weighted by molar-refractivity contribution is 6.30. The molecule has 0 saturated carbocycles. The standard InChI is InChI=1S/C22H16ClN3/c23-17-10-12-18(13-11-17)25-14-16-15-26(19-6-2-1-3-7-19)24-22(16)20-8-4-5-9-21(20)25/h1-13,15H,14H2. The molecule has 0 radical (unpaired) electrons. The van der Waals surface area contributed by atoms with Crippen LogP contribution in [0, 0.1) is 0 Å². The highest BCUT2D eigenvalue weighted by Gasteiger charge is 2.26. The molecule has 0 bridgehead atoms. The maximum atomic E-state index is 6.07. The molecule has 4 aromatic rings. The lowest BCUT2D eigenvalue weighted by atomic mass is 9.99. The monoisotopic (exact) mass is 357 g/mol. The minimum absolute atomic E-state index is 0.747.